The lowest BCUT2D eigenvalue weighted by atomic mass is 10.1. The van der Waals surface area contributed by atoms with Crippen LogP contribution in [0.4, 0.5) is 0 Å². The number of benzene rings is 3. The van der Waals surface area contributed by atoms with Crippen LogP contribution in [-0.4, -0.2) is 62.1 Å². The molecule has 5 nitrogen and oxygen atoms in total. The van der Waals surface area contributed by atoms with Crippen LogP contribution < -0.4 is 0 Å². The van der Waals surface area contributed by atoms with Crippen LogP contribution in [0.3, 0.4) is 0 Å². The standard InChI is InChI=1S/C28H35N3O2P/c1-29(2)34(30(3)4,31(5)6)28(26(32)24-18-12-8-13-19-24)27(25-20-14-9-15-21-25)33-22-23-16-10-7-11-17-23/h7-21H,22H2,1-6H3/q+1/b28-27-. The average Bonchev–Trinajstić information content (AvgIpc) is 2.84. The zero-order valence-electron chi connectivity index (χ0n) is 21.0. The van der Waals surface area contributed by atoms with Gasteiger partial charge in [0.15, 0.2) is 5.76 Å². The largest absolute Gasteiger partial charge is 0.484 e. The van der Waals surface area contributed by atoms with Crippen LogP contribution in [0.5, 0.6) is 0 Å². The Balaban J connectivity index is 2.35. The number of hydrogen-bond acceptors (Lipinski definition) is 5. The van der Waals surface area contributed by atoms with Crippen LogP contribution in [0, 0.1) is 0 Å². The van der Waals surface area contributed by atoms with Gasteiger partial charge in [-0.25, -0.2) is 0 Å². The minimum absolute atomic E-state index is 0.0306. The fourth-order valence-corrected chi connectivity index (χ4v) is 8.60. The minimum atomic E-state index is -2.48. The molecule has 0 spiro atoms. The summed E-state index contributed by atoms with van der Waals surface area (Å²) in [6.07, 6.45) is 0. The van der Waals surface area contributed by atoms with Crippen molar-refractivity contribution in [2.45, 2.75) is 6.61 Å². The normalized spacial score (nSPS) is 12.7. The number of carbonyl (C=O) groups excluding carboxylic acids is 1. The van der Waals surface area contributed by atoms with Gasteiger partial charge < -0.3 is 4.74 Å². The summed E-state index contributed by atoms with van der Waals surface area (Å²) < 4.78 is 13.1. The molecule has 0 saturated heterocycles. The van der Waals surface area contributed by atoms with Crippen molar-refractivity contribution in [1.29, 1.82) is 0 Å². The van der Waals surface area contributed by atoms with Gasteiger partial charge >= 0.3 is 0 Å². The Morgan fingerprint density at radius 1 is 0.647 bits per heavy atom. The third-order valence-corrected chi connectivity index (χ3v) is 10.1. The molecule has 0 aliphatic carbocycles. The highest BCUT2D eigenvalue weighted by Gasteiger charge is 2.57. The van der Waals surface area contributed by atoms with Gasteiger partial charge in [0.25, 0.3) is 7.71 Å². The third-order valence-electron chi connectivity index (χ3n) is 5.70. The van der Waals surface area contributed by atoms with E-state index in [-0.39, 0.29) is 5.78 Å². The summed E-state index contributed by atoms with van der Waals surface area (Å²) in [6.45, 7) is 0.366. The van der Waals surface area contributed by atoms with Crippen molar-refractivity contribution in [3.05, 3.63) is 113 Å². The molecule has 0 fully saturated rings. The smallest absolute Gasteiger partial charge is 0.268 e. The first-order chi connectivity index (χ1) is 16.3. The second-order valence-electron chi connectivity index (χ2n) is 8.62. The summed E-state index contributed by atoms with van der Waals surface area (Å²) in [5.74, 6) is 0.583. The second kappa shape index (κ2) is 11.5. The van der Waals surface area contributed by atoms with Crippen molar-refractivity contribution < 1.29 is 9.53 Å². The summed E-state index contributed by atoms with van der Waals surface area (Å²) in [6, 6.07) is 29.5. The van der Waals surface area contributed by atoms with Crippen LogP contribution in [0.1, 0.15) is 21.5 Å². The number of ether oxygens (including phenoxy) is 1. The van der Waals surface area contributed by atoms with Gasteiger partial charge in [0.1, 0.15) is 6.61 Å². The maximum atomic E-state index is 14.3. The molecule has 0 atom stereocenters. The summed E-state index contributed by atoms with van der Waals surface area (Å²) in [5, 5.41) is 0.667. The van der Waals surface area contributed by atoms with E-state index in [1.54, 1.807) is 0 Å². The van der Waals surface area contributed by atoms with Crippen LogP contribution in [-0.2, 0) is 11.3 Å². The second-order valence-corrected chi connectivity index (χ2v) is 12.6. The maximum Gasteiger partial charge on any atom is 0.268 e. The van der Waals surface area contributed by atoms with Crippen molar-refractivity contribution in [3.63, 3.8) is 0 Å². The van der Waals surface area contributed by atoms with Gasteiger partial charge in [0, 0.05) is 53.4 Å². The van der Waals surface area contributed by atoms with Crippen LogP contribution >= 0.6 is 7.71 Å². The SMILES string of the molecule is CN(C)[P+](/C(C(=O)c1ccccc1)=C(\OCc1ccccc1)c1ccccc1)(N(C)C)N(C)C. The first-order valence-electron chi connectivity index (χ1n) is 11.3. The first-order valence-corrected chi connectivity index (χ1v) is 12.9. The zero-order chi connectivity index (χ0) is 24.7. The Hall–Kier alpha value is -2.82. The zero-order valence-corrected chi connectivity index (χ0v) is 21.9. The Bertz CT molecular complexity index is 1080. The molecule has 3 aromatic carbocycles. The topological polar surface area (TPSA) is 36.0 Å². The molecule has 0 unspecified atom stereocenters. The molecular weight excluding hydrogens is 441 g/mol. The molecule has 0 amide bonds. The average molecular weight is 477 g/mol. The van der Waals surface area contributed by atoms with Gasteiger partial charge in [-0.05, 0) is 5.56 Å². The Morgan fingerprint density at radius 2 is 1.06 bits per heavy atom. The fourth-order valence-electron chi connectivity index (χ4n) is 4.38. The van der Waals surface area contributed by atoms with Crippen molar-refractivity contribution in [3.8, 4) is 0 Å². The fraction of sp³-hybridized carbons (Fsp3) is 0.250. The number of Topliss-reactive ketones (excluding diaryl/α,β-unsaturated/α-hetero) is 1. The molecule has 0 radical (unpaired) electrons. The molecule has 34 heavy (non-hydrogen) atoms. The van der Waals surface area contributed by atoms with Crippen molar-refractivity contribution in [2.24, 2.45) is 0 Å². The highest BCUT2D eigenvalue weighted by atomic mass is 31.2. The number of rotatable bonds is 10. The van der Waals surface area contributed by atoms with E-state index < -0.39 is 7.71 Å². The number of carbonyl (C=O) groups is 1. The molecule has 0 bridgehead atoms. The Kier molecular flexibility index (Phi) is 8.76. The lowest BCUT2D eigenvalue weighted by Crippen LogP contribution is -2.39. The number of nitrogens with zero attached hydrogens (tertiary/aromatic N) is 3. The summed E-state index contributed by atoms with van der Waals surface area (Å²) in [7, 11) is 9.72. The number of allylic oxidation sites excluding steroid dienone is 1. The molecule has 0 aromatic heterocycles. The predicted octanol–water partition coefficient (Wildman–Crippen LogP) is 5.90. The van der Waals surface area contributed by atoms with Gasteiger partial charge in [-0.2, -0.15) is 0 Å². The molecule has 0 saturated carbocycles. The summed E-state index contributed by atoms with van der Waals surface area (Å²) in [5.41, 5.74) is 2.57. The molecule has 0 aliphatic rings. The van der Waals surface area contributed by atoms with E-state index in [1.165, 1.54) is 0 Å². The van der Waals surface area contributed by atoms with Crippen LogP contribution in [0.25, 0.3) is 5.76 Å². The summed E-state index contributed by atoms with van der Waals surface area (Å²) >= 11 is 0. The van der Waals surface area contributed by atoms with E-state index in [0.717, 1.165) is 11.1 Å². The molecule has 6 heteroatoms. The molecule has 0 aliphatic heterocycles. The van der Waals surface area contributed by atoms with Crippen LogP contribution in [0.2, 0.25) is 0 Å². The van der Waals surface area contributed by atoms with Gasteiger partial charge in [0.05, 0.1) is 0 Å². The van der Waals surface area contributed by atoms with E-state index in [4.69, 9.17) is 4.74 Å². The molecule has 3 aromatic rings. The quantitative estimate of drug-likeness (QED) is 0.158. The molecule has 0 heterocycles. The third kappa shape index (κ3) is 5.29. The van der Waals surface area contributed by atoms with Crippen molar-refractivity contribution in [1.82, 2.24) is 14.0 Å². The molecule has 0 N–H and O–H groups in total. The van der Waals surface area contributed by atoms with E-state index in [1.807, 2.05) is 133 Å². The van der Waals surface area contributed by atoms with Crippen molar-refractivity contribution >= 4 is 19.3 Å². The van der Waals surface area contributed by atoms with E-state index in [2.05, 4.69) is 14.0 Å². The number of ketones is 1. The van der Waals surface area contributed by atoms with Gasteiger partial charge in [-0.1, -0.05) is 91.0 Å². The van der Waals surface area contributed by atoms with E-state index in [9.17, 15) is 4.79 Å². The predicted molar refractivity (Wildman–Crippen MR) is 143 cm³/mol. The van der Waals surface area contributed by atoms with E-state index in [0.29, 0.717) is 23.2 Å². The van der Waals surface area contributed by atoms with Gasteiger partial charge in [-0.3, -0.25) is 4.79 Å². The maximum absolute atomic E-state index is 14.3. The van der Waals surface area contributed by atoms with Crippen LogP contribution in [0.15, 0.2) is 96.3 Å². The Labute approximate surface area is 204 Å². The van der Waals surface area contributed by atoms with Gasteiger partial charge in [0.2, 0.25) is 11.1 Å². The first kappa shape index (κ1) is 25.8. The van der Waals surface area contributed by atoms with Crippen molar-refractivity contribution in [2.75, 3.05) is 42.3 Å². The minimum Gasteiger partial charge on any atom is -0.484 e. The lowest BCUT2D eigenvalue weighted by Gasteiger charge is -2.40. The summed E-state index contributed by atoms with van der Waals surface area (Å²) in [4.78, 5) is 14.3. The molecular formula is C28H35N3O2P+. The monoisotopic (exact) mass is 476 g/mol. The molecule has 178 valence electrons. The van der Waals surface area contributed by atoms with E-state index >= 15 is 0 Å². The Morgan fingerprint density at radius 3 is 1.50 bits per heavy atom. The highest BCUT2D eigenvalue weighted by molar-refractivity contribution is 7.74. The van der Waals surface area contributed by atoms with Gasteiger partial charge in [-0.15, -0.1) is 14.0 Å². The molecule has 3 rings (SSSR count). The lowest BCUT2D eigenvalue weighted by molar-refractivity contribution is 0.103. The highest BCUT2D eigenvalue weighted by Crippen LogP contribution is 2.71. The number of hydrogen-bond donors (Lipinski definition) is 0.